The quantitative estimate of drug-likeness (QED) is 0.201. The first-order chi connectivity index (χ1) is 18.9. The van der Waals surface area contributed by atoms with Crippen LogP contribution in [0.15, 0.2) is 30.4 Å². The third kappa shape index (κ3) is 6.83. The van der Waals surface area contributed by atoms with Crippen LogP contribution >= 0.6 is 0 Å². The molecule has 0 aliphatic carbocycles. The van der Waals surface area contributed by atoms with Crippen molar-refractivity contribution in [1.29, 1.82) is 0 Å². The van der Waals surface area contributed by atoms with Gasteiger partial charge in [0.1, 0.15) is 17.0 Å². The maximum atomic E-state index is 13.3. The number of esters is 1. The van der Waals surface area contributed by atoms with Crippen LogP contribution in [0.1, 0.15) is 39.9 Å². The second-order valence-electron chi connectivity index (χ2n) is 9.18. The second kappa shape index (κ2) is 13.4. The summed E-state index contributed by atoms with van der Waals surface area (Å²) in [6.07, 6.45) is 4.53. The lowest BCUT2D eigenvalue weighted by molar-refractivity contribution is 0.0358. The van der Waals surface area contributed by atoms with Crippen LogP contribution < -0.4 is 15.8 Å². The van der Waals surface area contributed by atoms with Crippen molar-refractivity contribution in [2.45, 2.75) is 33.4 Å². The minimum absolute atomic E-state index is 0.313. The van der Waals surface area contributed by atoms with E-state index < -0.39 is 5.97 Å². The summed E-state index contributed by atoms with van der Waals surface area (Å²) in [5, 5.41) is 7.30. The Kier molecular flexibility index (Phi) is 9.69. The summed E-state index contributed by atoms with van der Waals surface area (Å²) >= 11 is 0. The molecule has 210 valence electrons. The van der Waals surface area contributed by atoms with Crippen molar-refractivity contribution < 1.29 is 23.8 Å². The third-order valence-electron chi connectivity index (χ3n) is 6.46. The van der Waals surface area contributed by atoms with Crippen molar-refractivity contribution in [3.05, 3.63) is 47.3 Å². The van der Waals surface area contributed by atoms with Gasteiger partial charge >= 0.3 is 5.97 Å². The summed E-state index contributed by atoms with van der Waals surface area (Å²) in [6, 6.07) is 5.04. The van der Waals surface area contributed by atoms with Gasteiger partial charge in [0, 0.05) is 39.3 Å². The van der Waals surface area contributed by atoms with Gasteiger partial charge in [-0.3, -0.25) is 19.7 Å². The molecule has 3 aromatic rings. The Morgan fingerprint density at radius 2 is 2.00 bits per heavy atom. The molecule has 12 nitrogen and oxygen atoms in total. The van der Waals surface area contributed by atoms with Gasteiger partial charge in [-0.15, -0.1) is 0 Å². The summed E-state index contributed by atoms with van der Waals surface area (Å²) in [5.41, 5.74) is 8.32. The lowest BCUT2D eigenvalue weighted by Gasteiger charge is -2.26. The average Bonchev–Trinajstić information content (AvgIpc) is 3.50. The van der Waals surface area contributed by atoms with E-state index in [0.29, 0.717) is 60.2 Å². The number of nitrogens with zero attached hydrogens (tertiary/aromatic N) is 5. The lowest BCUT2D eigenvalue weighted by Crippen LogP contribution is -2.37. The molecule has 1 aromatic carbocycles. The predicted molar refractivity (Wildman–Crippen MR) is 147 cm³/mol. The van der Waals surface area contributed by atoms with Crippen molar-refractivity contribution in [3.8, 4) is 5.75 Å². The molecule has 1 amide bonds. The monoisotopic (exact) mass is 539 g/mol. The average molecular weight is 540 g/mol. The molecule has 39 heavy (non-hydrogen) atoms. The summed E-state index contributed by atoms with van der Waals surface area (Å²) in [6.45, 7) is 9.69. The van der Waals surface area contributed by atoms with Crippen LogP contribution in [0.25, 0.3) is 11.0 Å². The van der Waals surface area contributed by atoms with E-state index in [1.807, 2.05) is 30.6 Å². The first-order valence-corrected chi connectivity index (χ1v) is 13.2. The largest absolute Gasteiger partial charge is 0.491 e. The maximum absolute atomic E-state index is 13.3. The lowest BCUT2D eigenvalue weighted by atomic mass is 10.2. The molecule has 1 fully saturated rings. The topological polar surface area (TPSA) is 139 Å². The van der Waals surface area contributed by atoms with E-state index in [0.717, 1.165) is 45.0 Å². The number of methoxy groups -OCH3 is 1. The molecular formula is C27H37N7O5. The van der Waals surface area contributed by atoms with E-state index in [-0.39, 0.29) is 5.91 Å². The highest BCUT2D eigenvalue weighted by Crippen LogP contribution is 2.32. The Balaban J connectivity index is 1.67. The number of morpholine rings is 1. The number of aromatic nitrogens is 4. The maximum Gasteiger partial charge on any atom is 0.338 e. The number of hydrogen-bond acceptors (Lipinski definition) is 9. The highest BCUT2D eigenvalue weighted by molar-refractivity contribution is 6.04. The summed E-state index contributed by atoms with van der Waals surface area (Å²) in [5.74, 6) is -0.0321. The van der Waals surface area contributed by atoms with Gasteiger partial charge in [0.2, 0.25) is 5.95 Å². The van der Waals surface area contributed by atoms with Crippen LogP contribution in [-0.2, 0) is 22.6 Å². The van der Waals surface area contributed by atoms with Gasteiger partial charge in [-0.1, -0.05) is 12.2 Å². The van der Waals surface area contributed by atoms with Crippen molar-refractivity contribution >= 4 is 28.9 Å². The Morgan fingerprint density at radius 3 is 2.72 bits per heavy atom. The van der Waals surface area contributed by atoms with Gasteiger partial charge in [0.15, 0.2) is 0 Å². The Bertz CT molecular complexity index is 1320. The first kappa shape index (κ1) is 28.3. The van der Waals surface area contributed by atoms with Crippen LogP contribution in [0.4, 0.5) is 5.95 Å². The van der Waals surface area contributed by atoms with E-state index in [4.69, 9.17) is 19.9 Å². The van der Waals surface area contributed by atoms with Gasteiger partial charge in [-0.25, -0.2) is 9.78 Å². The van der Waals surface area contributed by atoms with Crippen LogP contribution in [-0.4, -0.2) is 89.2 Å². The number of imidazole rings is 1. The van der Waals surface area contributed by atoms with Crippen molar-refractivity contribution in [2.75, 3.05) is 58.4 Å². The van der Waals surface area contributed by atoms with Crippen molar-refractivity contribution in [1.82, 2.24) is 24.2 Å². The zero-order valence-corrected chi connectivity index (χ0v) is 22.8. The Labute approximate surface area is 227 Å². The molecule has 4 rings (SSSR count). The zero-order chi connectivity index (χ0) is 27.8. The molecule has 0 saturated carbocycles. The predicted octanol–water partition coefficient (Wildman–Crippen LogP) is 2.22. The van der Waals surface area contributed by atoms with E-state index >= 15 is 0 Å². The van der Waals surface area contributed by atoms with Crippen LogP contribution in [0, 0.1) is 6.92 Å². The second-order valence-corrected chi connectivity index (χ2v) is 9.18. The number of allylic oxidation sites excluding steroid dienone is 1. The molecule has 1 saturated heterocycles. The number of benzene rings is 1. The van der Waals surface area contributed by atoms with Gasteiger partial charge in [-0.05, 0) is 38.5 Å². The number of amides is 1. The van der Waals surface area contributed by atoms with Crippen LogP contribution in [0.3, 0.4) is 0 Å². The van der Waals surface area contributed by atoms with E-state index in [2.05, 4.69) is 20.3 Å². The molecule has 1 aliphatic heterocycles. The minimum atomic E-state index is -0.499. The van der Waals surface area contributed by atoms with Crippen molar-refractivity contribution in [3.63, 3.8) is 0 Å². The molecule has 0 radical (unpaired) electrons. The third-order valence-corrected chi connectivity index (χ3v) is 6.46. The highest BCUT2D eigenvalue weighted by Gasteiger charge is 2.22. The number of aryl methyl sites for hydroxylation is 2. The fourth-order valence-electron chi connectivity index (χ4n) is 4.56. The van der Waals surface area contributed by atoms with Crippen LogP contribution in [0.2, 0.25) is 0 Å². The number of fused-ring (bicyclic) bond motifs is 1. The Morgan fingerprint density at radius 1 is 1.21 bits per heavy atom. The SMILES string of the molecule is CCn1nc(C)cc1C(=O)Nc1nc2cc(C(=O)OC)cc(OCCCN3CCOCC3)c2n1CC=CCN. The Hall–Kier alpha value is -3.74. The molecule has 0 unspecified atom stereocenters. The number of rotatable bonds is 12. The highest BCUT2D eigenvalue weighted by atomic mass is 16.5. The molecule has 2 aromatic heterocycles. The van der Waals surface area contributed by atoms with Gasteiger partial charge < -0.3 is 24.5 Å². The van der Waals surface area contributed by atoms with Gasteiger partial charge in [0.05, 0.1) is 43.7 Å². The number of ether oxygens (including phenoxy) is 3. The molecule has 1 aliphatic rings. The smallest absolute Gasteiger partial charge is 0.338 e. The fraction of sp³-hybridized carbons (Fsp3) is 0.481. The number of nitrogens with two attached hydrogens (primary N) is 1. The number of anilines is 1. The summed E-state index contributed by atoms with van der Waals surface area (Å²) in [4.78, 5) is 32.7. The molecule has 12 heteroatoms. The summed E-state index contributed by atoms with van der Waals surface area (Å²) < 4.78 is 20.1. The normalized spacial score (nSPS) is 14.3. The molecule has 0 spiro atoms. The van der Waals surface area contributed by atoms with E-state index in [1.165, 1.54) is 7.11 Å². The van der Waals surface area contributed by atoms with Crippen LogP contribution in [0.5, 0.6) is 5.75 Å². The standard InChI is InChI=1S/C27H37N7O5/c1-4-34-22(16-19(2)31-34)25(35)30-27-29-21-17-20(26(36)37-3)18-23(24(21)33(27)10-6-5-8-28)39-13-7-9-32-11-14-38-15-12-32/h5-6,16-18H,4,7-15,28H2,1-3H3,(H,29,30,35). The first-order valence-electron chi connectivity index (χ1n) is 13.2. The number of nitrogens with one attached hydrogen (secondary N) is 1. The van der Waals surface area contributed by atoms with E-state index in [9.17, 15) is 9.59 Å². The molecule has 0 atom stereocenters. The molecular weight excluding hydrogens is 502 g/mol. The zero-order valence-electron chi connectivity index (χ0n) is 22.8. The van der Waals surface area contributed by atoms with Gasteiger partial charge in [-0.2, -0.15) is 5.10 Å². The van der Waals surface area contributed by atoms with Gasteiger partial charge in [0.25, 0.3) is 5.91 Å². The molecule has 3 heterocycles. The number of carbonyl (C=O) groups is 2. The number of hydrogen-bond donors (Lipinski definition) is 2. The molecule has 0 bridgehead atoms. The fourth-order valence-corrected chi connectivity index (χ4v) is 4.56. The number of carbonyl (C=O) groups excluding carboxylic acids is 2. The minimum Gasteiger partial charge on any atom is -0.491 e. The summed E-state index contributed by atoms with van der Waals surface area (Å²) in [7, 11) is 1.33. The van der Waals surface area contributed by atoms with Crippen molar-refractivity contribution in [2.24, 2.45) is 5.73 Å². The van der Waals surface area contributed by atoms with E-state index in [1.54, 1.807) is 22.9 Å². The molecule has 3 N–H and O–H groups in total.